The monoisotopic (exact) mass is 327 g/mol. The SMILES string of the molecule is O=C1OC[C@H](Cc2ccccc2)N1C(O)/C=C/c1ccc(F)cc1. The fourth-order valence-electron chi connectivity index (χ4n) is 2.70. The molecule has 1 fully saturated rings. The summed E-state index contributed by atoms with van der Waals surface area (Å²) in [5.41, 5.74) is 1.81. The van der Waals surface area contributed by atoms with Gasteiger partial charge in [-0.25, -0.2) is 9.18 Å². The lowest BCUT2D eigenvalue weighted by molar-refractivity contribution is 0.0548. The molecule has 0 aromatic heterocycles. The molecular formula is C19H18FNO3. The summed E-state index contributed by atoms with van der Waals surface area (Å²) < 4.78 is 18.0. The highest BCUT2D eigenvalue weighted by Gasteiger charge is 2.36. The van der Waals surface area contributed by atoms with Crippen LogP contribution in [0.3, 0.4) is 0 Å². The van der Waals surface area contributed by atoms with E-state index in [-0.39, 0.29) is 18.5 Å². The first kappa shape index (κ1) is 16.2. The molecule has 2 aromatic carbocycles. The third-order valence-corrected chi connectivity index (χ3v) is 3.93. The molecule has 124 valence electrons. The number of hydrogen-bond donors (Lipinski definition) is 1. The Morgan fingerprint density at radius 2 is 1.92 bits per heavy atom. The zero-order valence-electron chi connectivity index (χ0n) is 13.0. The number of carbonyl (C=O) groups is 1. The number of amides is 1. The molecule has 0 spiro atoms. The molecule has 24 heavy (non-hydrogen) atoms. The number of cyclic esters (lactones) is 1. The van der Waals surface area contributed by atoms with Crippen LogP contribution in [0.5, 0.6) is 0 Å². The van der Waals surface area contributed by atoms with Crippen molar-refractivity contribution in [1.82, 2.24) is 4.90 Å². The van der Waals surface area contributed by atoms with E-state index in [1.165, 1.54) is 23.1 Å². The van der Waals surface area contributed by atoms with Gasteiger partial charge in [0, 0.05) is 0 Å². The second-order valence-corrected chi connectivity index (χ2v) is 5.65. The summed E-state index contributed by atoms with van der Waals surface area (Å²) in [6.07, 6.45) is 2.12. The normalized spacial score (nSPS) is 18.8. The Morgan fingerprint density at radius 1 is 1.21 bits per heavy atom. The van der Waals surface area contributed by atoms with Crippen molar-refractivity contribution in [2.75, 3.05) is 6.61 Å². The van der Waals surface area contributed by atoms with Gasteiger partial charge in [-0.3, -0.25) is 4.90 Å². The van der Waals surface area contributed by atoms with Crippen molar-refractivity contribution in [2.24, 2.45) is 0 Å². The van der Waals surface area contributed by atoms with Crippen LogP contribution in [0.1, 0.15) is 11.1 Å². The number of hydrogen-bond acceptors (Lipinski definition) is 3. The first-order chi connectivity index (χ1) is 11.6. The number of carbonyl (C=O) groups excluding carboxylic acids is 1. The van der Waals surface area contributed by atoms with Crippen LogP contribution in [-0.4, -0.2) is 35.0 Å². The van der Waals surface area contributed by atoms with Crippen molar-refractivity contribution in [3.8, 4) is 0 Å². The van der Waals surface area contributed by atoms with Gasteiger partial charge in [0.25, 0.3) is 0 Å². The number of aliphatic hydroxyl groups excluding tert-OH is 1. The maximum atomic E-state index is 12.9. The van der Waals surface area contributed by atoms with Gasteiger partial charge in [-0.1, -0.05) is 48.5 Å². The molecule has 4 nitrogen and oxygen atoms in total. The van der Waals surface area contributed by atoms with Crippen LogP contribution in [0.4, 0.5) is 9.18 Å². The fourth-order valence-corrected chi connectivity index (χ4v) is 2.70. The Morgan fingerprint density at radius 3 is 2.62 bits per heavy atom. The van der Waals surface area contributed by atoms with Gasteiger partial charge >= 0.3 is 6.09 Å². The minimum absolute atomic E-state index is 0.229. The van der Waals surface area contributed by atoms with Gasteiger partial charge < -0.3 is 9.84 Å². The molecule has 1 amide bonds. The maximum Gasteiger partial charge on any atom is 0.412 e. The second kappa shape index (κ2) is 7.27. The highest BCUT2D eigenvalue weighted by molar-refractivity contribution is 5.71. The van der Waals surface area contributed by atoms with Crippen molar-refractivity contribution in [3.05, 3.63) is 77.6 Å². The Bertz CT molecular complexity index is 715. The van der Waals surface area contributed by atoms with E-state index < -0.39 is 12.3 Å². The Labute approximate surface area is 139 Å². The van der Waals surface area contributed by atoms with Crippen molar-refractivity contribution in [1.29, 1.82) is 0 Å². The number of aliphatic hydroxyl groups is 1. The average molecular weight is 327 g/mol. The summed E-state index contributed by atoms with van der Waals surface area (Å²) in [6, 6.07) is 15.4. The maximum absolute atomic E-state index is 12.9. The first-order valence-electron chi connectivity index (χ1n) is 7.74. The Balaban J connectivity index is 1.70. The van der Waals surface area contributed by atoms with Crippen LogP contribution >= 0.6 is 0 Å². The molecule has 1 aliphatic heterocycles. The van der Waals surface area contributed by atoms with Gasteiger partial charge in [0.05, 0.1) is 6.04 Å². The predicted molar refractivity (Wildman–Crippen MR) is 88.6 cm³/mol. The van der Waals surface area contributed by atoms with Gasteiger partial charge in [-0.05, 0) is 35.8 Å². The number of halogens is 1. The number of rotatable bonds is 5. The minimum atomic E-state index is -1.10. The summed E-state index contributed by atoms with van der Waals surface area (Å²) in [6.45, 7) is 0.245. The van der Waals surface area contributed by atoms with Crippen LogP contribution in [0, 0.1) is 5.82 Å². The third-order valence-electron chi connectivity index (χ3n) is 3.93. The molecule has 1 unspecified atom stereocenters. The largest absolute Gasteiger partial charge is 0.447 e. The number of nitrogens with zero attached hydrogens (tertiary/aromatic N) is 1. The minimum Gasteiger partial charge on any atom is -0.447 e. The molecule has 1 saturated heterocycles. The topological polar surface area (TPSA) is 49.8 Å². The van der Waals surface area contributed by atoms with Crippen molar-refractivity contribution >= 4 is 12.2 Å². The van der Waals surface area contributed by atoms with E-state index in [2.05, 4.69) is 0 Å². The molecule has 0 aliphatic carbocycles. The first-order valence-corrected chi connectivity index (χ1v) is 7.74. The van der Waals surface area contributed by atoms with Crippen LogP contribution < -0.4 is 0 Å². The van der Waals surface area contributed by atoms with Crippen LogP contribution in [0.15, 0.2) is 60.7 Å². The van der Waals surface area contributed by atoms with Gasteiger partial charge in [0.15, 0.2) is 6.23 Å². The molecule has 0 bridgehead atoms. The highest BCUT2D eigenvalue weighted by atomic mass is 19.1. The molecule has 1 aliphatic rings. The molecular weight excluding hydrogens is 309 g/mol. The van der Waals surface area contributed by atoms with Crippen LogP contribution in [0.25, 0.3) is 6.08 Å². The van der Waals surface area contributed by atoms with E-state index in [1.54, 1.807) is 18.2 Å². The lowest BCUT2D eigenvalue weighted by Crippen LogP contribution is -2.42. The standard InChI is InChI=1S/C19H18FNO3/c20-16-9-6-14(7-10-16)8-11-18(22)21-17(13-24-19(21)23)12-15-4-2-1-3-5-15/h1-11,17-18,22H,12-13H2/b11-8+/t17-,18?/m0/s1. The van der Waals surface area contributed by atoms with Crippen molar-refractivity contribution in [2.45, 2.75) is 18.7 Å². The van der Waals surface area contributed by atoms with Gasteiger partial charge in [0.2, 0.25) is 0 Å². The molecule has 1 heterocycles. The fraction of sp³-hybridized carbons (Fsp3) is 0.211. The predicted octanol–water partition coefficient (Wildman–Crippen LogP) is 3.22. The molecule has 2 aromatic rings. The van der Waals surface area contributed by atoms with E-state index in [9.17, 15) is 14.3 Å². The quantitative estimate of drug-likeness (QED) is 0.917. The van der Waals surface area contributed by atoms with Gasteiger partial charge in [-0.15, -0.1) is 0 Å². The van der Waals surface area contributed by atoms with Gasteiger partial charge in [-0.2, -0.15) is 0 Å². The average Bonchev–Trinajstić information content (AvgIpc) is 2.95. The summed E-state index contributed by atoms with van der Waals surface area (Å²) in [7, 11) is 0. The Hall–Kier alpha value is -2.66. The molecule has 0 radical (unpaired) electrons. The van der Waals surface area contributed by atoms with Crippen molar-refractivity contribution < 1.29 is 19.0 Å². The zero-order chi connectivity index (χ0) is 16.9. The Kier molecular flexibility index (Phi) is 4.91. The number of ether oxygens (including phenoxy) is 1. The third kappa shape index (κ3) is 3.81. The van der Waals surface area contributed by atoms with E-state index >= 15 is 0 Å². The molecule has 2 atom stereocenters. The summed E-state index contributed by atoms with van der Waals surface area (Å²) in [5, 5.41) is 10.3. The summed E-state index contributed by atoms with van der Waals surface area (Å²) in [4.78, 5) is 13.3. The molecule has 1 N–H and O–H groups in total. The smallest absolute Gasteiger partial charge is 0.412 e. The summed E-state index contributed by atoms with van der Waals surface area (Å²) >= 11 is 0. The molecule has 0 saturated carbocycles. The molecule has 3 rings (SSSR count). The summed E-state index contributed by atoms with van der Waals surface area (Å²) in [5.74, 6) is -0.321. The van der Waals surface area contributed by atoms with Crippen LogP contribution in [0.2, 0.25) is 0 Å². The van der Waals surface area contributed by atoms with E-state index in [1.807, 2.05) is 30.3 Å². The van der Waals surface area contributed by atoms with Gasteiger partial charge in [0.1, 0.15) is 12.4 Å². The zero-order valence-corrected chi connectivity index (χ0v) is 13.0. The lowest BCUT2D eigenvalue weighted by atomic mass is 10.1. The van der Waals surface area contributed by atoms with Crippen LogP contribution in [-0.2, 0) is 11.2 Å². The van der Waals surface area contributed by atoms with E-state index in [0.717, 1.165) is 11.1 Å². The number of benzene rings is 2. The second-order valence-electron chi connectivity index (χ2n) is 5.65. The van der Waals surface area contributed by atoms with E-state index in [0.29, 0.717) is 6.42 Å². The molecule has 5 heteroatoms. The van der Waals surface area contributed by atoms with E-state index in [4.69, 9.17) is 4.74 Å². The lowest BCUT2D eigenvalue weighted by Gasteiger charge is -2.24. The van der Waals surface area contributed by atoms with Crippen molar-refractivity contribution in [3.63, 3.8) is 0 Å². The highest BCUT2D eigenvalue weighted by Crippen LogP contribution is 2.20.